The van der Waals surface area contributed by atoms with Crippen LogP contribution in [-0.4, -0.2) is 49.4 Å². The van der Waals surface area contributed by atoms with Gasteiger partial charge >= 0.3 is 0 Å². The zero-order chi connectivity index (χ0) is 19.1. The topological polar surface area (TPSA) is 61.4 Å². The Morgan fingerprint density at radius 3 is 2.69 bits per heavy atom. The number of hydrogen-bond acceptors (Lipinski definition) is 3. The highest BCUT2D eigenvalue weighted by molar-refractivity contribution is 5.94. The number of halogens is 2. The molecular formula is C19H27F2N3O2. The molecule has 0 unspecified atom stereocenters. The Labute approximate surface area is 153 Å². The molecule has 1 aromatic carbocycles. The first-order valence-electron chi connectivity index (χ1n) is 9.06. The van der Waals surface area contributed by atoms with E-state index in [1.807, 2.05) is 0 Å². The molecule has 0 aromatic heterocycles. The second kappa shape index (κ2) is 9.62. The predicted molar refractivity (Wildman–Crippen MR) is 95.8 cm³/mol. The van der Waals surface area contributed by atoms with Crippen molar-refractivity contribution in [1.29, 1.82) is 0 Å². The van der Waals surface area contributed by atoms with E-state index in [0.29, 0.717) is 24.9 Å². The van der Waals surface area contributed by atoms with E-state index in [1.54, 1.807) is 0 Å². The first kappa shape index (κ1) is 20.3. The van der Waals surface area contributed by atoms with Crippen LogP contribution in [0.15, 0.2) is 18.2 Å². The lowest BCUT2D eigenvalue weighted by Gasteiger charge is -2.33. The Balaban J connectivity index is 1.67. The maximum atomic E-state index is 13.5. The molecule has 5 nitrogen and oxygen atoms in total. The Morgan fingerprint density at radius 2 is 2.00 bits per heavy atom. The van der Waals surface area contributed by atoms with Crippen molar-refractivity contribution in [2.45, 2.75) is 50.6 Å². The third-order valence-electron chi connectivity index (χ3n) is 4.78. The zero-order valence-electron chi connectivity index (χ0n) is 15.4. The average molecular weight is 367 g/mol. The van der Waals surface area contributed by atoms with Crippen LogP contribution in [0.5, 0.6) is 0 Å². The summed E-state index contributed by atoms with van der Waals surface area (Å²) in [5.41, 5.74) is -0.201. The van der Waals surface area contributed by atoms with Crippen LogP contribution in [0.4, 0.5) is 8.78 Å². The molecule has 0 radical (unpaired) electrons. The van der Waals surface area contributed by atoms with Crippen molar-refractivity contribution < 1.29 is 18.4 Å². The Bertz CT molecular complexity index is 637. The number of benzene rings is 1. The van der Waals surface area contributed by atoms with Crippen molar-refractivity contribution in [2.75, 3.05) is 20.6 Å². The van der Waals surface area contributed by atoms with Gasteiger partial charge in [0.2, 0.25) is 5.91 Å². The molecule has 1 fully saturated rings. The van der Waals surface area contributed by atoms with Gasteiger partial charge in [-0.1, -0.05) is 0 Å². The smallest absolute Gasteiger partial charge is 0.254 e. The number of nitrogens with zero attached hydrogens (tertiary/aromatic N) is 1. The molecule has 2 amide bonds. The molecule has 0 bridgehead atoms. The summed E-state index contributed by atoms with van der Waals surface area (Å²) in [5, 5.41) is 5.61. The van der Waals surface area contributed by atoms with Crippen LogP contribution in [0.1, 0.15) is 48.9 Å². The minimum atomic E-state index is -0.895. The maximum absolute atomic E-state index is 13.5. The van der Waals surface area contributed by atoms with Crippen molar-refractivity contribution in [2.24, 2.45) is 0 Å². The zero-order valence-corrected chi connectivity index (χ0v) is 15.4. The van der Waals surface area contributed by atoms with Gasteiger partial charge in [0.1, 0.15) is 11.6 Å². The average Bonchev–Trinajstić information content (AvgIpc) is 2.58. The van der Waals surface area contributed by atoms with Crippen molar-refractivity contribution in [3.63, 3.8) is 0 Å². The van der Waals surface area contributed by atoms with Gasteiger partial charge in [-0.3, -0.25) is 9.59 Å². The van der Waals surface area contributed by atoms with E-state index in [4.69, 9.17) is 0 Å². The first-order chi connectivity index (χ1) is 12.4. The molecule has 1 aliphatic carbocycles. The van der Waals surface area contributed by atoms with Gasteiger partial charge in [-0.15, -0.1) is 0 Å². The molecule has 0 heterocycles. The van der Waals surface area contributed by atoms with E-state index in [0.717, 1.165) is 37.8 Å². The lowest BCUT2D eigenvalue weighted by Crippen LogP contribution is -2.43. The minimum absolute atomic E-state index is 0.0309. The van der Waals surface area contributed by atoms with Crippen LogP contribution in [0.25, 0.3) is 0 Å². The maximum Gasteiger partial charge on any atom is 0.254 e. The molecule has 144 valence electrons. The van der Waals surface area contributed by atoms with Gasteiger partial charge in [0.15, 0.2) is 0 Å². The van der Waals surface area contributed by atoms with Crippen molar-refractivity contribution in [3.05, 3.63) is 35.4 Å². The second-order valence-corrected chi connectivity index (χ2v) is 7.03. The summed E-state index contributed by atoms with van der Waals surface area (Å²) in [4.78, 5) is 26.1. The number of rotatable bonds is 7. The van der Waals surface area contributed by atoms with Gasteiger partial charge in [0.05, 0.1) is 5.56 Å². The monoisotopic (exact) mass is 367 g/mol. The fraction of sp³-hybridized carbons (Fsp3) is 0.579. The summed E-state index contributed by atoms with van der Waals surface area (Å²) >= 11 is 0. The van der Waals surface area contributed by atoms with Crippen LogP contribution < -0.4 is 10.6 Å². The fourth-order valence-electron chi connectivity index (χ4n) is 3.28. The summed E-state index contributed by atoms with van der Waals surface area (Å²) in [7, 11) is 4.11. The summed E-state index contributed by atoms with van der Waals surface area (Å²) < 4.78 is 26.4. The molecule has 2 atom stereocenters. The second-order valence-electron chi connectivity index (χ2n) is 7.03. The lowest BCUT2D eigenvalue weighted by molar-refractivity contribution is -0.122. The van der Waals surface area contributed by atoms with Crippen LogP contribution in [-0.2, 0) is 4.79 Å². The van der Waals surface area contributed by atoms with Crippen molar-refractivity contribution in [3.8, 4) is 0 Å². The lowest BCUT2D eigenvalue weighted by atomic mass is 9.90. The van der Waals surface area contributed by atoms with Gasteiger partial charge in [-0.2, -0.15) is 0 Å². The van der Waals surface area contributed by atoms with E-state index in [9.17, 15) is 18.4 Å². The molecule has 1 aromatic rings. The quantitative estimate of drug-likeness (QED) is 0.728. The van der Waals surface area contributed by atoms with Crippen LogP contribution in [0.2, 0.25) is 0 Å². The molecule has 1 aliphatic rings. The van der Waals surface area contributed by atoms with Crippen molar-refractivity contribution >= 4 is 11.8 Å². The number of carbonyl (C=O) groups is 2. The van der Waals surface area contributed by atoms with Crippen molar-refractivity contribution in [1.82, 2.24) is 15.5 Å². The van der Waals surface area contributed by atoms with Gasteiger partial charge in [0, 0.05) is 31.1 Å². The molecule has 0 spiro atoms. The minimum Gasteiger partial charge on any atom is -0.353 e. The number of amides is 2. The van der Waals surface area contributed by atoms with Crippen LogP contribution in [0, 0.1) is 11.6 Å². The van der Waals surface area contributed by atoms with Crippen LogP contribution in [0.3, 0.4) is 0 Å². The van der Waals surface area contributed by atoms with Gasteiger partial charge in [0.25, 0.3) is 5.91 Å². The molecule has 26 heavy (non-hydrogen) atoms. The highest BCUT2D eigenvalue weighted by Crippen LogP contribution is 2.21. The number of nitrogens with one attached hydrogen (secondary N) is 2. The summed E-state index contributed by atoms with van der Waals surface area (Å²) in [6.45, 7) is 0.258. The van der Waals surface area contributed by atoms with Gasteiger partial charge in [-0.25, -0.2) is 8.78 Å². The molecule has 7 heteroatoms. The molecule has 0 aliphatic heterocycles. The number of carbonyl (C=O) groups excluding carboxylic acids is 2. The standard InChI is InChI=1S/C19H27F2N3O2/c1-24(2)15-6-3-5-14(12-15)23-18(25)7-4-10-22-19(26)16-9-8-13(20)11-17(16)21/h8-9,11,14-15H,3-7,10,12H2,1-2H3,(H,22,26)(H,23,25)/t14-,15-/m1/s1. The SMILES string of the molecule is CN(C)[C@@H]1CCC[C@@H](NC(=O)CCCNC(=O)c2ccc(F)cc2F)C1. The Kier molecular flexibility index (Phi) is 7.50. The van der Waals surface area contributed by atoms with Gasteiger partial charge < -0.3 is 15.5 Å². The van der Waals surface area contributed by atoms with E-state index in [1.165, 1.54) is 0 Å². The molecule has 1 saturated carbocycles. The molecule has 0 saturated heterocycles. The third-order valence-corrected chi connectivity index (χ3v) is 4.78. The summed E-state index contributed by atoms with van der Waals surface area (Å²) in [6.07, 6.45) is 4.98. The number of hydrogen-bond donors (Lipinski definition) is 2. The molecule has 2 N–H and O–H groups in total. The largest absolute Gasteiger partial charge is 0.353 e. The fourth-order valence-corrected chi connectivity index (χ4v) is 3.28. The molecule has 2 rings (SSSR count). The first-order valence-corrected chi connectivity index (χ1v) is 9.06. The third kappa shape index (κ3) is 6.05. The predicted octanol–water partition coefficient (Wildman–Crippen LogP) is 2.46. The van der Waals surface area contributed by atoms with Crippen LogP contribution >= 0.6 is 0 Å². The highest BCUT2D eigenvalue weighted by Gasteiger charge is 2.24. The van der Waals surface area contributed by atoms with Gasteiger partial charge in [-0.05, 0) is 58.3 Å². The van der Waals surface area contributed by atoms with E-state index < -0.39 is 17.5 Å². The summed E-state index contributed by atoms with van der Waals surface area (Å²) in [5.74, 6) is -2.26. The Morgan fingerprint density at radius 1 is 1.23 bits per heavy atom. The Hall–Kier alpha value is -2.02. The normalized spacial score (nSPS) is 20.0. The molecular weight excluding hydrogens is 340 g/mol. The highest BCUT2D eigenvalue weighted by atomic mass is 19.1. The van der Waals surface area contributed by atoms with E-state index >= 15 is 0 Å². The van der Waals surface area contributed by atoms with E-state index in [-0.39, 0.29) is 24.1 Å². The summed E-state index contributed by atoms with van der Waals surface area (Å²) in [6, 6.07) is 3.52. The van der Waals surface area contributed by atoms with E-state index in [2.05, 4.69) is 29.6 Å².